The monoisotopic (exact) mass is 1270 g/mol. The van der Waals surface area contributed by atoms with Gasteiger partial charge in [0, 0.05) is 6.42 Å². The van der Waals surface area contributed by atoms with E-state index in [4.69, 9.17) is 18.9 Å². The molecule has 2 fully saturated rings. The molecule has 0 aliphatic carbocycles. The molecule has 2 saturated heterocycles. The van der Waals surface area contributed by atoms with Crippen molar-refractivity contribution in [2.75, 3.05) is 19.8 Å². The van der Waals surface area contributed by atoms with Gasteiger partial charge in [0.1, 0.15) is 48.8 Å². The molecule has 12 atom stereocenters. The minimum Gasteiger partial charge on any atom is -0.394 e. The van der Waals surface area contributed by atoms with Crippen molar-refractivity contribution in [1.29, 1.82) is 0 Å². The van der Waals surface area contributed by atoms with E-state index >= 15 is 0 Å². The molecule has 1 amide bonds. The highest BCUT2D eigenvalue weighted by Crippen LogP contribution is 2.30. The van der Waals surface area contributed by atoms with Crippen LogP contribution in [0, 0.1) is 0 Å². The third-order valence-electron chi connectivity index (χ3n) is 17.9. The van der Waals surface area contributed by atoms with Crippen molar-refractivity contribution >= 4 is 5.91 Å². The Morgan fingerprint density at radius 3 is 1.18 bits per heavy atom. The molecule has 0 spiro atoms. The molecule has 12 unspecified atom stereocenters. The molecule has 0 radical (unpaired) electrons. The second kappa shape index (κ2) is 60.1. The SMILES string of the molecule is CC/C=C\C/C=C\C/C=C\C/C=C\C/C=C\C/C=C\CCCCCCCCCCCCCCC(=O)NC(COC1OC(CO)C(OC2OC(CO)C(O)C(O)C2O)C(O)C1O)C(O)CCCCCCCCCCCCCCCCCCCCCCCCCCC. The van der Waals surface area contributed by atoms with Crippen LogP contribution in [0.1, 0.15) is 309 Å². The van der Waals surface area contributed by atoms with Gasteiger partial charge in [-0.25, -0.2) is 0 Å². The summed E-state index contributed by atoms with van der Waals surface area (Å²) in [7, 11) is 0. The van der Waals surface area contributed by atoms with Gasteiger partial charge >= 0.3 is 0 Å². The van der Waals surface area contributed by atoms with E-state index in [1.165, 1.54) is 186 Å². The molecule has 2 rings (SSSR count). The lowest BCUT2D eigenvalue weighted by molar-refractivity contribution is -0.359. The Labute approximate surface area is 548 Å². The van der Waals surface area contributed by atoms with Gasteiger partial charge < -0.3 is 65.1 Å². The number of carbonyl (C=O) groups excluding carboxylic acids is 1. The fraction of sp³-hybridized carbons (Fsp3) is 0.829. The normalized spacial score (nSPS) is 23.3. The zero-order valence-electron chi connectivity index (χ0n) is 57.1. The second-order valence-corrected chi connectivity index (χ2v) is 26.0. The zero-order valence-corrected chi connectivity index (χ0v) is 57.1. The maximum atomic E-state index is 13.4. The number of hydrogen-bond donors (Lipinski definition) is 9. The Hall–Kier alpha value is -2.57. The topological polar surface area (TPSA) is 228 Å². The third kappa shape index (κ3) is 43.4. The number of unbranched alkanes of at least 4 members (excludes halogenated alkanes) is 36. The Morgan fingerprint density at radius 2 is 0.767 bits per heavy atom. The van der Waals surface area contributed by atoms with E-state index in [0.717, 1.165) is 96.3 Å². The van der Waals surface area contributed by atoms with Crippen molar-refractivity contribution in [3.63, 3.8) is 0 Å². The summed E-state index contributed by atoms with van der Waals surface area (Å²) in [4.78, 5) is 13.4. The summed E-state index contributed by atoms with van der Waals surface area (Å²) in [6.07, 6.45) is 64.8. The van der Waals surface area contributed by atoms with Crippen LogP contribution in [0.2, 0.25) is 0 Å². The Kier molecular flexibility index (Phi) is 55.8. The van der Waals surface area contributed by atoms with Gasteiger partial charge in [-0.15, -0.1) is 0 Å². The minimum absolute atomic E-state index is 0.207. The molecule has 2 aliphatic heterocycles. The van der Waals surface area contributed by atoms with Crippen LogP contribution < -0.4 is 5.32 Å². The van der Waals surface area contributed by atoms with E-state index in [1.54, 1.807) is 0 Å². The van der Waals surface area contributed by atoms with Crippen LogP contribution in [-0.2, 0) is 23.7 Å². The number of amides is 1. The lowest BCUT2D eigenvalue weighted by Crippen LogP contribution is -2.65. The van der Waals surface area contributed by atoms with Gasteiger partial charge in [0.25, 0.3) is 0 Å². The molecular weight excluding hydrogens is 1130 g/mol. The van der Waals surface area contributed by atoms with Gasteiger partial charge in [-0.2, -0.15) is 0 Å². The molecule has 14 nitrogen and oxygen atoms in total. The second-order valence-electron chi connectivity index (χ2n) is 26.0. The van der Waals surface area contributed by atoms with E-state index in [1.807, 2.05) is 0 Å². The van der Waals surface area contributed by atoms with Gasteiger partial charge in [0.15, 0.2) is 12.6 Å². The van der Waals surface area contributed by atoms with Gasteiger partial charge in [0.2, 0.25) is 5.91 Å². The summed E-state index contributed by atoms with van der Waals surface area (Å²) in [6, 6.07) is -0.835. The molecule has 0 aromatic rings. The molecule has 0 aromatic heterocycles. The van der Waals surface area contributed by atoms with E-state index in [0.29, 0.717) is 12.8 Å². The highest BCUT2D eigenvalue weighted by atomic mass is 16.7. The zero-order chi connectivity index (χ0) is 65.2. The van der Waals surface area contributed by atoms with Gasteiger partial charge in [-0.05, 0) is 64.2 Å². The summed E-state index contributed by atoms with van der Waals surface area (Å²) in [6.45, 7) is 2.79. The summed E-state index contributed by atoms with van der Waals surface area (Å²) in [5, 5.41) is 87.7. The quantitative estimate of drug-likeness (QED) is 0.0204. The Bertz CT molecular complexity index is 1790. The molecular formula is C76H137NO13. The van der Waals surface area contributed by atoms with Gasteiger partial charge in [0.05, 0.1) is 32.0 Å². The molecule has 524 valence electrons. The van der Waals surface area contributed by atoms with Crippen LogP contribution in [0.5, 0.6) is 0 Å². The van der Waals surface area contributed by atoms with Crippen molar-refractivity contribution in [2.45, 2.75) is 383 Å². The summed E-state index contributed by atoms with van der Waals surface area (Å²) < 4.78 is 23.0. The highest BCUT2D eigenvalue weighted by molar-refractivity contribution is 5.76. The Balaban J connectivity index is 1.65. The molecule has 0 saturated carbocycles. The summed E-state index contributed by atoms with van der Waals surface area (Å²) in [5.41, 5.74) is 0. The predicted molar refractivity (Wildman–Crippen MR) is 369 cm³/mol. The fourth-order valence-electron chi connectivity index (χ4n) is 12.1. The first-order valence-electron chi connectivity index (χ1n) is 37.2. The van der Waals surface area contributed by atoms with Crippen molar-refractivity contribution in [3.8, 4) is 0 Å². The maximum absolute atomic E-state index is 13.4. The van der Waals surface area contributed by atoms with Crippen LogP contribution in [0.3, 0.4) is 0 Å². The molecule has 0 aromatic carbocycles. The van der Waals surface area contributed by atoms with Gasteiger partial charge in [-0.1, -0.05) is 311 Å². The van der Waals surface area contributed by atoms with E-state index in [2.05, 4.69) is 92.1 Å². The first-order chi connectivity index (χ1) is 44.1. The average molecular weight is 1270 g/mol. The maximum Gasteiger partial charge on any atom is 0.220 e. The van der Waals surface area contributed by atoms with Crippen molar-refractivity contribution in [3.05, 3.63) is 72.9 Å². The smallest absolute Gasteiger partial charge is 0.220 e. The number of nitrogens with one attached hydrogen (secondary N) is 1. The van der Waals surface area contributed by atoms with Crippen LogP contribution in [0.25, 0.3) is 0 Å². The standard InChI is InChI=1S/C76H137NO13/c1-3-5-7-9-11-13-15-17-19-21-23-25-27-29-30-31-32-33-34-36-38-40-42-44-46-48-50-52-54-56-58-60-68(81)77-64(63-87-75-73(86)71(84)74(67(62-79)89-75)90-76-72(85)70(83)69(82)66(61-78)88-76)65(80)59-57-55-53-51-49-47-45-43-41-39-37-35-28-26-24-22-20-18-16-14-12-10-8-6-4-2/h5,7,11,13,17,19,23,25,29-30,32-33,64-67,69-76,78-80,82-86H,3-4,6,8-10,12,14-16,18,20-22,24,26-28,31,34-63H2,1-2H3,(H,77,81)/b7-5-,13-11-,19-17-,25-23-,30-29-,33-32-. The Morgan fingerprint density at radius 1 is 0.411 bits per heavy atom. The number of hydrogen-bond acceptors (Lipinski definition) is 13. The highest BCUT2D eigenvalue weighted by Gasteiger charge is 2.51. The van der Waals surface area contributed by atoms with E-state index in [9.17, 15) is 45.6 Å². The van der Waals surface area contributed by atoms with Crippen LogP contribution >= 0.6 is 0 Å². The largest absolute Gasteiger partial charge is 0.394 e. The van der Waals surface area contributed by atoms with Crippen molar-refractivity contribution in [2.24, 2.45) is 0 Å². The van der Waals surface area contributed by atoms with Gasteiger partial charge in [-0.3, -0.25) is 4.79 Å². The molecule has 14 heteroatoms. The minimum atomic E-state index is -1.79. The van der Waals surface area contributed by atoms with Crippen LogP contribution in [-0.4, -0.2) is 140 Å². The summed E-state index contributed by atoms with van der Waals surface area (Å²) >= 11 is 0. The molecule has 9 N–H and O–H groups in total. The molecule has 90 heavy (non-hydrogen) atoms. The average Bonchev–Trinajstić information content (AvgIpc) is 1.42. The lowest BCUT2D eigenvalue weighted by Gasteiger charge is -2.46. The fourth-order valence-corrected chi connectivity index (χ4v) is 12.1. The number of aliphatic hydroxyl groups is 8. The number of carbonyl (C=O) groups is 1. The number of rotatable bonds is 61. The van der Waals surface area contributed by atoms with Crippen molar-refractivity contribution < 1.29 is 64.6 Å². The van der Waals surface area contributed by atoms with Crippen LogP contribution in [0.4, 0.5) is 0 Å². The summed E-state index contributed by atoms with van der Waals surface area (Å²) in [5.74, 6) is -0.207. The van der Waals surface area contributed by atoms with Crippen LogP contribution in [0.15, 0.2) is 72.9 Å². The lowest BCUT2D eigenvalue weighted by atomic mass is 9.97. The molecule has 2 heterocycles. The van der Waals surface area contributed by atoms with E-state index < -0.39 is 86.8 Å². The molecule has 0 bridgehead atoms. The number of ether oxygens (including phenoxy) is 4. The third-order valence-corrected chi connectivity index (χ3v) is 17.9. The van der Waals surface area contributed by atoms with E-state index in [-0.39, 0.29) is 12.5 Å². The number of aliphatic hydroxyl groups excluding tert-OH is 8. The molecule has 2 aliphatic rings. The predicted octanol–water partition coefficient (Wildman–Crippen LogP) is 15.8. The first kappa shape index (κ1) is 83.5. The number of allylic oxidation sites excluding steroid dienone is 12. The first-order valence-corrected chi connectivity index (χ1v) is 37.2. The van der Waals surface area contributed by atoms with Crippen molar-refractivity contribution in [1.82, 2.24) is 5.32 Å².